The van der Waals surface area contributed by atoms with Crippen molar-refractivity contribution in [3.05, 3.63) is 35.4 Å². The summed E-state index contributed by atoms with van der Waals surface area (Å²) in [6.07, 6.45) is 14.1. The minimum Gasteiger partial charge on any atom is -0.294 e. The summed E-state index contributed by atoms with van der Waals surface area (Å²) in [6.45, 7) is 0. The van der Waals surface area contributed by atoms with Gasteiger partial charge in [-0.1, -0.05) is 69.2 Å². The molecule has 0 bridgehead atoms. The zero-order valence-electron chi connectivity index (χ0n) is 13.2. The van der Waals surface area contributed by atoms with Crippen LogP contribution in [-0.2, 0) is 0 Å². The fourth-order valence-electron chi connectivity index (χ4n) is 4.16. The van der Waals surface area contributed by atoms with Crippen LogP contribution in [0.4, 0.5) is 0 Å². The Labute approximate surface area is 129 Å². The summed E-state index contributed by atoms with van der Waals surface area (Å²) in [4.78, 5) is 12.3. The van der Waals surface area contributed by atoms with Crippen LogP contribution in [0, 0.1) is 5.92 Å². The highest BCUT2D eigenvalue weighted by Gasteiger charge is 2.18. The van der Waals surface area contributed by atoms with Crippen molar-refractivity contribution in [3.8, 4) is 0 Å². The SMILES string of the molecule is O=C(CCC1CCCC1)c1ccc(C2CCCCC2)cc1. The van der Waals surface area contributed by atoms with E-state index in [9.17, 15) is 4.79 Å². The summed E-state index contributed by atoms with van der Waals surface area (Å²) in [5.41, 5.74) is 2.37. The molecule has 0 N–H and O–H groups in total. The van der Waals surface area contributed by atoms with Crippen LogP contribution in [0.25, 0.3) is 0 Å². The predicted octanol–water partition coefficient (Wildman–Crippen LogP) is 5.89. The maximum Gasteiger partial charge on any atom is 0.162 e. The van der Waals surface area contributed by atoms with Gasteiger partial charge in [0.2, 0.25) is 0 Å². The van der Waals surface area contributed by atoms with E-state index in [0.29, 0.717) is 5.78 Å². The maximum atomic E-state index is 12.3. The van der Waals surface area contributed by atoms with E-state index in [1.54, 1.807) is 0 Å². The Morgan fingerprint density at radius 3 is 2.14 bits per heavy atom. The van der Waals surface area contributed by atoms with Gasteiger partial charge in [-0.2, -0.15) is 0 Å². The molecule has 0 spiro atoms. The first-order chi connectivity index (χ1) is 10.3. The number of hydrogen-bond donors (Lipinski definition) is 0. The second-order valence-corrected chi connectivity index (χ2v) is 7.07. The molecule has 0 amide bonds. The third-order valence-electron chi connectivity index (χ3n) is 5.56. The molecule has 21 heavy (non-hydrogen) atoms. The summed E-state index contributed by atoms with van der Waals surface area (Å²) < 4.78 is 0. The lowest BCUT2D eigenvalue weighted by Crippen LogP contribution is -2.06. The van der Waals surface area contributed by atoms with Crippen molar-refractivity contribution in [1.29, 1.82) is 0 Å². The van der Waals surface area contributed by atoms with Gasteiger partial charge in [0, 0.05) is 12.0 Å². The van der Waals surface area contributed by atoms with Crippen LogP contribution in [0.15, 0.2) is 24.3 Å². The Kier molecular flexibility index (Phi) is 5.11. The number of hydrogen-bond acceptors (Lipinski definition) is 1. The first-order valence-corrected chi connectivity index (χ1v) is 8.96. The van der Waals surface area contributed by atoms with E-state index < -0.39 is 0 Å². The number of ketones is 1. The molecule has 1 aromatic carbocycles. The van der Waals surface area contributed by atoms with Gasteiger partial charge in [-0.3, -0.25) is 4.79 Å². The molecule has 0 unspecified atom stereocenters. The van der Waals surface area contributed by atoms with Crippen LogP contribution in [0.5, 0.6) is 0 Å². The number of carbonyl (C=O) groups excluding carboxylic acids is 1. The van der Waals surface area contributed by atoms with E-state index in [1.165, 1.54) is 63.4 Å². The average Bonchev–Trinajstić information content (AvgIpc) is 3.07. The van der Waals surface area contributed by atoms with Crippen LogP contribution in [0.1, 0.15) is 92.5 Å². The van der Waals surface area contributed by atoms with E-state index in [4.69, 9.17) is 0 Å². The summed E-state index contributed by atoms with van der Waals surface area (Å²) in [7, 11) is 0. The summed E-state index contributed by atoms with van der Waals surface area (Å²) in [5, 5.41) is 0. The van der Waals surface area contributed by atoms with E-state index in [-0.39, 0.29) is 0 Å². The molecule has 2 saturated carbocycles. The minimum atomic E-state index is 0.345. The fraction of sp³-hybridized carbons (Fsp3) is 0.650. The highest BCUT2D eigenvalue weighted by molar-refractivity contribution is 5.96. The number of Topliss-reactive ketones (excluding diaryl/α,β-unsaturated/α-hetero) is 1. The third kappa shape index (κ3) is 3.96. The molecule has 0 radical (unpaired) electrons. The smallest absolute Gasteiger partial charge is 0.162 e. The predicted molar refractivity (Wildman–Crippen MR) is 87.8 cm³/mol. The van der Waals surface area contributed by atoms with Crippen molar-refractivity contribution in [2.45, 2.75) is 76.5 Å². The van der Waals surface area contributed by atoms with Gasteiger partial charge in [-0.05, 0) is 36.7 Å². The molecule has 2 fully saturated rings. The lowest BCUT2D eigenvalue weighted by atomic mass is 9.83. The molecule has 0 aromatic heterocycles. The van der Waals surface area contributed by atoms with Crippen LogP contribution in [0.2, 0.25) is 0 Å². The van der Waals surface area contributed by atoms with Crippen molar-refractivity contribution in [2.75, 3.05) is 0 Å². The first-order valence-electron chi connectivity index (χ1n) is 8.96. The quantitative estimate of drug-likeness (QED) is 0.616. The van der Waals surface area contributed by atoms with E-state index in [1.807, 2.05) is 0 Å². The molecule has 3 rings (SSSR count). The van der Waals surface area contributed by atoms with Crippen molar-refractivity contribution in [1.82, 2.24) is 0 Å². The van der Waals surface area contributed by atoms with Gasteiger partial charge in [0.05, 0.1) is 0 Å². The molecule has 2 aliphatic carbocycles. The number of rotatable bonds is 5. The molecular formula is C20H28O. The molecule has 0 aliphatic heterocycles. The zero-order valence-corrected chi connectivity index (χ0v) is 13.2. The molecule has 0 saturated heterocycles. The topological polar surface area (TPSA) is 17.1 Å². The van der Waals surface area contributed by atoms with Crippen molar-refractivity contribution >= 4 is 5.78 Å². The monoisotopic (exact) mass is 284 g/mol. The third-order valence-corrected chi connectivity index (χ3v) is 5.56. The van der Waals surface area contributed by atoms with Gasteiger partial charge < -0.3 is 0 Å². The normalized spacial score (nSPS) is 20.8. The lowest BCUT2D eigenvalue weighted by Gasteiger charge is -2.22. The lowest BCUT2D eigenvalue weighted by molar-refractivity contribution is 0.0974. The summed E-state index contributed by atoms with van der Waals surface area (Å²) in [6, 6.07) is 8.55. The Morgan fingerprint density at radius 1 is 0.857 bits per heavy atom. The fourth-order valence-corrected chi connectivity index (χ4v) is 4.16. The van der Waals surface area contributed by atoms with Gasteiger partial charge in [0.1, 0.15) is 0 Å². The molecule has 2 aliphatic rings. The van der Waals surface area contributed by atoms with E-state index in [2.05, 4.69) is 24.3 Å². The van der Waals surface area contributed by atoms with Gasteiger partial charge >= 0.3 is 0 Å². The summed E-state index contributed by atoms with van der Waals surface area (Å²) >= 11 is 0. The number of benzene rings is 1. The summed E-state index contributed by atoms with van der Waals surface area (Å²) in [5.74, 6) is 1.90. The molecule has 1 aromatic rings. The molecule has 114 valence electrons. The number of carbonyl (C=O) groups is 1. The molecule has 0 atom stereocenters. The Balaban J connectivity index is 1.54. The standard InChI is InChI=1S/C20H28O/c21-20(15-10-16-6-4-5-7-16)19-13-11-18(12-14-19)17-8-2-1-3-9-17/h11-14,16-17H,1-10,15H2. The van der Waals surface area contributed by atoms with Gasteiger partial charge in [-0.25, -0.2) is 0 Å². The van der Waals surface area contributed by atoms with Gasteiger partial charge in [0.15, 0.2) is 5.78 Å². The van der Waals surface area contributed by atoms with Gasteiger partial charge in [0.25, 0.3) is 0 Å². The van der Waals surface area contributed by atoms with Crippen LogP contribution in [-0.4, -0.2) is 5.78 Å². The molecular weight excluding hydrogens is 256 g/mol. The first kappa shape index (κ1) is 14.8. The minimum absolute atomic E-state index is 0.345. The Morgan fingerprint density at radius 2 is 1.48 bits per heavy atom. The highest BCUT2D eigenvalue weighted by Crippen LogP contribution is 2.33. The second kappa shape index (κ2) is 7.24. The van der Waals surface area contributed by atoms with E-state index in [0.717, 1.165) is 30.2 Å². The Bertz CT molecular complexity index is 447. The maximum absolute atomic E-state index is 12.3. The highest BCUT2D eigenvalue weighted by atomic mass is 16.1. The second-order valence-electron chi connectivity index (χ2n) is 7.07. The largest absolute Gasteiger partial charge is 0.294 e. The van der Waals surface area contributed by atoms with E-state index >= 15 is 0 Å². The molecule has 0 heterocycles. The van der Waals surface area contributed by atoms with Crippen molar-refractivity contribution < 1.29 is 4.79 Å². The van der Waals surface area contributed by atoms with Crippen molar-refractivity contribution in [3.63, 3.8) is 0 Å². The van der Waals surface area contributed by atoms with Gasteiger partial charge in [-0.15, -0.1) is 0 Å². The average molecular weight is 284 g/mol. The zero-order chi connectivity index (χ0) is 14.5. The van der Waals surface area contributed by atoms with Crippen LogP contribution < -0.4 is 0 Å². The Hall–Kier alpha value is -1.11. The van der Waals surface area contributed by atoms with Crippen LogP contribution in [0.3, 0.4) is 0 Å². The molecule has 1 nitrogen and oxygen atoms in total. The van der Waals surface area contributed by atoms with Crippen molar-refractivity contribution in [2.24, 2.45) is 5.92 Å². The van der Waals surface area contributed by atoms with Crippen LogP contribution >= 0.6 is 0 Å². The molecule has 1 heteroatoms.